The van der Waals surface area contributed by atoms with Crippen molar-refractivity contribution in [2.45, 2.75) is 70.0 Å². The molecule has 3 heterocycles. The van der Waals surface area contributed by atoms with E-state index in [1.54, 1.807) is 0 Å². The molecular weight excluding hydrogens is 396 g/mol. The largest absolute Gasteiger partial charge is 0.370 e. The quantitative estimate of drug-likeness (QED) is 0.630. The van der Waals surface area contributed by atoms with Crippen molar-refractivity contribution < 1.29 is 19.2 Å². The molecule has 5 rings (SSSR count). The number of primary amides is 1. The second-order valence-corrected chi connectivity index (χ2v) is 9.46. The van der Waals surface area contributed by atoms with Gasteiger partial charge in [-0.2, -0.15) is 0 Å². The predicted molar refractivity (Wildman–Crippen MR) is 113 cm³/mol. The van der Waals surface area contributed by atoms with Gasteiger partial charge >= 0.3 is 0 Å². The third-order valence-electron chi connectivity index (χ3n) is 7.82. The molecule has 8 nitrogen and oxygen atoms in total. The molecule has 0 bridgehead atoms. The van der Waals surface area contributed by atoms with E-state index in [0.717, 1.165) is 43.2 Å². The van der Waals surface area contributed by atoms with Crippen LogP contribution in [0.5, 0.6) is 0 Å². The van der Waals surface area contributed by atoms with Gasteiger partial charge in [0.1, 0.15) is 5.54 Å². The van der Waals surface area contributed by atoms with Crippen LogP contribution in [-0.2, 0) is 24.7 Å². The molecule has 1 aromatic rings. The Hall–Kier alpha value is -2.74. The van der Waals surface area contributed by atoms with E-state index in [1.165, 1.54) is 4.90 Å². The molecule has 3 aliphatic heterocycles. The zero-order valence-corrected chi connectivity index (χ0v) is 17.9. The average Bonchev–Trinajstić information content (AvgIpc) is 3.30. The van der Waals surface area contributed by atoms with E-state index in [9.17, 15) is 19.2 Å². The lowest BCUT2D eigenvalue weighted by atomic mass is 9.76. The van der Waals surface area contributed by atoms with Gasteiger partial charge in [-0.3, -0.25) is 29.4 Å². The van der Waals surface area contributed by atoms with Gasteiger partial charge in [0, 0.05) is 29.8 Å². The minimum atomic E-state index is -1.37. The van der Waals surface area contributed by atoms with Crippen LogP contribution in [0, 0.1) is 25.7 Å². The SMILES string of the molecule is Cc1ccc2c(c1C)NC(=O)[C@]21N[C@@H](CC(N)=O)[C@H]2C(=O)N(C3CCCCC3)C(=O)[C@H]21. The van der Waals surface area contributed by atoms with E-state index in [4.69, 9.17) is 5.73 Å². The molecular formula is C23H28N4O4. The highest BCUT2D eigenvalue weighted by Crippen LogP contribution is 2.54. The van der Waals surface area contributed by atoms with Crippen LogP contribution in [0.2, 0.25) is 0 Å². The van der Waals surface area contributed by atoms with E-state index >= 15 is 0 Å². The Balaban J connectivity index is 1.65. The first-order valence-electron chi connectivity index (χ1n) is 11.1. The van der Waals surface area contributed by atoms with Crippen molar-refractivity contribution in [2.24, 2.45) is 17.6 Å². The van der Waals surface area contributed by atoms with Crippen LogP contribution in [0.4, 0.5) is 5.69 Å². The molecule has 1 aromatic carbocycles. The summed E-state index contributed by atoms with van der Waals surface area (Å²) in [7, 11) is 0. The van der Waals surface area contributed by atoms with E-state index < -0.39 is 29.3 Å². The summed E-state index contributed by atoms with van der Waals surface area (Å²) >= 11 is 0. The molecule has 8 heteroatoms. The molecule has 1 saturated carbocycles. The monoisotopic (exact) mass is 424 g/mol. The smallest absolute Gasteiger partial charge is 0.250 e. The van der Waals surface area contributed by atoms with Gasteiger partial charge in [-0.25, -0.2) is 0 Å². The Bertz CT molecular complexity index is 1020. The second kappa shape index (κ2) is 6.88. The van der Waals surface area contributed by atoms with Crippen molar-refractivity contribution in [1.29, 1.82) is 0 Å². The molecule has 4 atom stereocenters. The number of nitrogens with zero attached hydrogens (tertiary/aromatic N) is 1. The summed E-state index contributed by atoms with van der Waals surface area (Å²) in [6.45, 7) is 3.89. The van der Waals surface area contributed by atoms with Crippen molar-refractivity contribution in [3.05, 3.63) is 28.8 Å². The fourth-order valence-electron chi connectivity index (χ4n) is 6.23. The first-order valence-corrected chi connectivity index (χ1v) is 11.1. The number of nitrogens with one attached hydrogen (secondary N) is 2. The van der Waals surface area contributed by atoms with Gasteiger partial charge in [0.25, 0.3) is 0 Å². The number of imide groups is 1. The number of carbonyl (C=O) groups is 4. The molecule has 0 aromatic heterocycles. The Morgan fingerprint density at radius 3 is 2.52 bits per heavy atom. The minimum absolute atomic E-state index is 0.103. The van der Waals surface area contributed by atoms with E-state index in [-0.39, 0.29) is 30.2 Å². The number of hydrogen-bond acceptors (Lipinski definition) is 5. The summed E-state index contributed by atoms with van der Waals surface area (Å²) in [6, 6.07) is 2.99. The molecule has 2 saturated heterocycles. The number of benzene rings is 1. The highest BCUT2D eigenvalue weighted by Gasteiger charge is 2.71. The van der Waals surface area contributed by atoms with Crippen LogP contribution in [0.25, 0.3) is 0 Å². The molecule has 31 heavy (non-hydrogen) atoms. The molecule has 1 aliphatic carbocycles. The maximum Gasteiger partial charge on any atom is 0.250 e. The van der Waals surface area contributed by atoms with Crippen LogP contribution in [0.15, 0.2) is 12.1 Å². The molecule has 4 aliphatic rings. The lowest BCUT2D eigenvalue weighted by molar-refractivity contribution is -0.146. The summed E-state index contributed by atoms with van der Waals surface area (Å²) in [4.78, 5) is 54.0. The molecule has 4 N–H and O–H groups in total. The highest BCUT2D eigenvalue weighted by atomic mass is 16.2. The first-order chi connectivity index (χ1) is 14.8. The zero-order chi connectivity index (χ0) is 22.1. The minimum Gasteiger partial charge on any atom is -0.370 e. The number of likely N-dealkylation sites (tertiary alicyclic amines) is 1. The summed E-state index contributed by atoms with van der Waals surface area (Å²) in [5.74, 6) is -3.15. The van der Waals surface area contributed by atoms with Crippen molar-refractivity contribution in [2.75, 3.05) is 5.32 Å². The molecule has 3 fully saturated rings. The average molecular weight is 425 g/mol. The summed E-state index contributed by atoms with van der Waals surface area (Å²) in [5, 5.41) is 6.21. The normalized spacial score (nSPS) is 32.5. The van der Waals surface area contributed by atoms with Crippen molar-refractivity contribution in [3.8, 4) is 0 Å². The number of anilines is 1. The summed E-state index contributed by atoms with van der Waals surface area (Å²) in [6.07, 6.45) is 4.54. The highest BCUT2D eigenvalue weighted by molar-refractivity contribution is 6.15. The molecule has 164 valence electrons. The predicted octanol–water partition coefficient (Wildman–Crippen LogP) is 1.23. The van der Waals surface area contributed by atoms with Gasteiger partial charge in [-0.05, 0) is 37.8 Å². The maximum absolute atomic E-state index is 13.8. The third-order valence-corrected chi connectivity index (χ3v) is 7.82. The van der Waals surface area contributed by atoms with Crippen LogP contribution in [0.1, 0.15) is 55.2 Å². The van der Waals surface area contributed by atoms with Crippen molar-refractivity contribution in [3.63, 3.8) is 0 Å². The molecule has 4 amide bonds. The van der Waals surface area contributed by atoms with Gasteiger partial charge in [0.05, 0.1) is 11.8 Å². The van der Waals surface area contributed by atoms with Crippen molar-refractivity contribution >= 4 is 29.3 Å². The first kappa shape index (κ1) is 20.2. The van der Waals surface area contributed by atoms with Crippen LogP contribution >= 0.6 is 0 Å². The van der Waals surface area contributed by atoms with Crippen molar-refractivity contribution in [1.82, 2.24) is 10.2 Å². The summed E-state index contributed by atoms with van der Waals surface area (Å²) in [5.41, 5.74) is 7.44. The van der Waals surface area contributed by atoms with Gasteiger partial charge < -0.3 is 11.1 Å². The molecule has 1 spiro atoms. The van der Waals surface area contributed by atoms with Gasteiger partial charge in [-0.1, -0.05) is 31.4 Å². The molecule has 0 unspecified atom stereocenters. The number of fused-ring (bicyclic) bond motifs is 4. The standard InChI is InChI=1S/C23H28N4O4/c1-11-8-9-14-19(12(11)2)25-22(31)23(14)18-17(15(26-23)10-16(24)28)20(29)27(21(18)30)13-6-4-3-5-7-13/h8-9,13,15,17-18,26H,3-7,10H2,1-2H3,(H2,24,28)(H,25,31)/t15-,17+,18-,23-/m0/s1. The fourth-order valence-corrected chi connectivity index (χ4v) is 6.23. The van der Waals surface area contributed by atoms with Crippen LogP contribution in [-0.4, -0.2) is 40.6 Å². The Kier molecular flexibility index (Phi) is 4.48. The number of nitrogens with two attached hydrogens (primary N) is 1. The van der Waals surface area contributed by atoms with Crippen LogP contribution < -0.4 is 16.4 Å². The van der Waals surface area contributed by atoms with Gasteiger partial charge in [-0.15, -0.1) is 0 Å². The van der Waals surface area contributed by atoms with Gasteiger partial charge in [0.15, 0.2) is 0 Å². The maximum atomic E-state index is 13.8. The van der Waals surface area contributed by atoms with Gasteiger partial charge in [0.2, 0.25) is 23.6 Å². The van der Waals surface area contributed by atoms with E-state index in [2.05, 4.69) is 10.6 Å². The van der Waals surface area contributed by atoms with E-state index in [1.807, 2.05) is 26.0 Å². The number of carbonyl (C=O) groups excluding carboxylic acids is 4. The zero-order valence-electron chi connectivity index (χ0n) is 17.9. The number of hydrogen-bond donors (Lipinski definition) is 3. The topological polar surface area (TPSA) is 122 Å². The molecule has 0 radical (unpaired) electrons. The Morgan fingerprint density at radius 1 is 1.13 bits per heavy atom. The summed E-state index contributed by atoms with van der Waals surface area (Å²) < 4.78 is 0. The Morgan fingerprint density at radius 2 is 1.84 bits per heavy atom. The number of aryl methyl sites for hydroxylation is 1. The third kappa shape index (κ3) is 2.63. The number of rotatable bonds is 3. The second-order valence-electron chi connectivity index (χ2n) is 9.46. The lowest BCUT2D eigenvalue weighted by Crippen LogP contribution is -2.54. The lowest BCUT2D eigenvalue weighted by Gasteiger charge is -2.33. The van der Waals surface area contributed by atoms with Crippen LogP contribution in [0.3, 0.4) is 0 Å². The Labute approximate surface area is 180 Å². The number of amides is 4. The fraction of sp³-hybridized carbons (Fsp3) is 0.565. The van der Waals surface area contributed by atoms with E-state index in [0.29, 0.717) is 11.3 Å².